The molecular formula is C18H25F3N2O2. The SMILES string of the molecule is Cc1ccc(C(C)NC(=O)N2CCCC(O)(C(F)(F)F)CC2)cc1C. The van der Waals surface area contributed by atoms with Crippen molar-refractivity contribution in [1.29, 1.82) is 0 Å². The van der Waals surface area contributed by atoms with Crippen molar-refractivity contribution in [3.8, 4) is 0 Å². The Bertz CT molecular complexity index is 633. The van der Waals surface area contributed by atoms with Gasteiger partial charge in [-0.15, -0.1) is 0 Å². The van der Waals surface area contributed by atoms with Crippen LogP contribution in [0.2, 0.25) is 0 Å². The van der Waals surface area contributed by atoms with Crippen LogP contribution >= 0.6 is 0 Å². The number of nitrogens with zero attached hydrogens (tertiary/aromatic N) is 1. The van der Waals surface area contributed by atoms with Gasteiger partial charge in [-0.25, -0.2) is 4.79 Å². The molecule has 1 aromatic rings. The van der Waals surface area contributed by atoms with E-state index in [9.17, 15) is 23.1 Å². The van der Waals surface area contributed by atoms with Crippen LogP contribution in [0.15, 0.2) is 18.2 Å². The van der Waals surface area contributed by atoms with Crippen molar-refractivity contribution in [3.05, 3.63) is 34.9 Å². The summed E-state index contributed by atoms with van der Waals surface area (Å²) in [5.74, 6) is 0. The molecule has 1 aliphatic rings. The monoisotopic (exact) mass is 358 g/mol. The number of hydrogen-bond acceptors (Lipinski definition) is 2. The van der Waals surface area contributed by atoms with Crippen molar-refractivity contribution in [3.63, 3.8) is 0 Å². The zero-order valence-electron chi connectivity index (χ0n) is 14.8. The van der Waals surface area contributed by atoms with Crippen LogP contribution in [0.25, 0.3) is 0 Å². The summed E-state index contributed by atoms with van der Waals surface area (Å²) in [6.07, 6.45) is -5.44. The summed E-state index contributed by atoms with van der Waals surface area (Å²) >= 11 is 0. The van der Waals surface area contributed by atoms with E-state index in [0.29, 0.717) is 0 Å². The van der Waals surface area contributed by atoms with Crippen LogP contribution in [-0.2, 0) is 0 Å². The van der Waals surface area contributed by atoms with Gasteiger partial charge in [-0.3, -0.25) is 0 Å². The minimum Gasteiger partial charge on any atom is -0.380 e. The zero-order chi connectivity index (χ0) is 18.8. The molecule has 1 aromatic carbocycles. The first-order valence-electron chi connectivity index (χ1n) is 8.45. The quantitative estimate of drug-likeness (QED) is 0.844. The normalized spacial score (nSPS) is 23.1. The van der Waals surface area contributed by atoms with E-state index >= 15 is 0 Å². The first-order valence-corrected chi connectivity index (χ1v) is 8.45. The molecule has 2 atom stereocenters. The number of rotatable bonds is 2. The molecular weight excluding hydrogens is 333 g/mol. The highest BCUT2D eigenvalue weighted by Gasteiger charge is 2.53. The second-order valence-corrected chi connectivity index (χ2v) is 6.88. The Labute approximate surface area is 146 Å². The molecule has 0 spiro atoms. The number of carbonyl (C=O) groups excluding carboxylic acids is 1. The fourth-order valence-corrected chi connectivity index (χ4v) is 3.00. The van der Waals surface area contributed by atoms with Crippen LogP contribution in [0.1, 0.15) is 48.9 Å². The summed E-state index contributed by atoms with van der Waals surface area (Å²) in [4.78, 5) is 13.7. The Balaban J connectivity index is 2.00. The lowest BCUT2D eigenvalue weighted by atomic mass is 9.94. The van der Waals surface area contributed by atoms with Crippen molar-refractivity contribution >= 4 is 6.03 Å². The molecule has 1 saturated heterocycles. The first kappa shape index (κ1) is 19.6. The Hall–Kier alpha value is -1.76. The lowest BCUT2D eigenvalue weighted by Crippen LogP contribution is -2.47. The van der Waals surface area contributed by atoms with Gasteiger partial charge in [-0.05, 0) is 50.3 Å². The minimum atomic E-state index is -4.67. The topological polar surface area (TPSA) is 52.6 Å². The molecule has 2 unspecified atom stereocenters. The van der Waals surface area contributed by atoms with E-state index in [1.54, 1.807) is 0 Å². The van der Waals surface area contributed by atoms with Gasteiger partial charge in [-0.1, -0.05) is 18.2 Å². The smallest absolute Gasteiger partial charge is 0.380 e. The largest absolute Gasteiger partial charge is 0.417 e. The number of halogens is 3. The van der Waals surface area contributed by atoms with E-state index in [-0.39, 0.29) is 32.0 Å². The van der Waals surface area contributed by atoms with Crippen molar-refractivity contribution in [1.82, 2.24) is 10.2 Å². The van der Waals surface area contributed by atoms with Crippen LogP contribution in [0.3, 0.4) is 0 Å². The highest BCUT2D eigenvalue weighted by molar-refractivity contribution is 5.74. The number of likely N-dealkylation sites (tertiary alicyclic amines) is 1. The number of benzene rings is 1. The lowest BCUT2D eigenvalue weighted by Gasteiger charge is -2.29. The molecule has 0 bridgehead atoms. The molecule has 0 aromatic heterocycles. The molecule has 25 heavy (non-hydrogen) atoms. The van der Waals surface area contributed by atoms with Crippen LogP contribution in [0.5, 0.6) is 0 Å². The maximum atomic E-state index is 13.0. The van der Waals surface area contributed by atoms with Gasteiger partial charge in [0, 0.05) is 19.5 Å². The second-order valence-electron chi connectivity index (χ2n) is 6.88. The number of hydrogen-bond donors (Lipinski definition) is 2. The fraction of sp³-hybridized carbons (Fsp3) is 0.611. The van der Waals surface area contributed by atoms with Gasteiger partial charge < -0.3 is 15.3 Å². The number of urea groups is 1. The zero-order valence-corrected chi connectivity index (χ0v) is 14.8. The summed E-state index contributed by atoms with van der Waals surface area (Å²) in [6.45, 7) is 5.90. The molecule has 4 nitrogen and oxygen atoms in total. The van der Waals surface area contributed by atoms with Gasteiger partial charge >= 0.3 is 12.2 Å². The van der Waals surface area contributed by atoms with E-state index in [4.69, 9.17) is 0 Å². The second kappa shape index (κ2) is 7.23. The summed E-state index contributed by atoms with van der Waals surface area (Å²) in [7, 11) is 0. The van der Waals surface area contributed by atoms with Crippen LogP contribution < -0.4 is 5.32 Å². The third-order valence-corrected chi connectivity index (χ3v) is 5.00. The Kier molecular flexibility index (Phi) is 5.66. The van der Waals surface area contributed by atoms with Gasteiger partial charge in [0.1, 0.15) is 0 Å². The van der Waals surface area contributed by atoms with E-state index in [1.807, 2.05) is 39.0 Å². The number of carbonyl (C=O) groups is 1. The third-order valence-electron chi connectivity index (χ3n) is 5.00. The van der Waals surface area contributed by atoms with Crippen LogP contribution in [-0.4, -0.2) is 40.9 Å². The van der Waals surface area contributed by atoms with E-state index in [2.05, 4.69) is 5.32 Å². The first-order chi connectivity index (χ1) is 11.5. The number of aryl methyl sites for hydroxylation is 2. The number of aliphatic hydroxyl groups is 1. The third kappa shape index (κ3) is 4.45. The molecule has 2 amide bonds. The molecule has 1 aliphatic heterocycles. The Morgan fingerprint density at radius 2 is 1.92 bits per heavy atom. The van der Waals surface area contributed by atoms with Gasteiger partial charge in [0.05, 0.1) is 6.04 Å². The maximum absolute atomic E-state index is 13.0. The number of alkyl halides is 3. The van der Waals surface area contributed by atoms with Crippen molar-refractivity contribution in [2.75, 3.05) is 13.1 Å². The average Bonchev–Trinajstić information content (AvgIpc) is 2.72. The van der Waals surface area contributed by atoms with Gasteiger partial charge in [-0.2, -0.15) is 13.2 Å². The van der Waals surface area contributed by atoms with Crippen molar-refractivity contribution in [2.45, 2.75) is 57.9 Å². The molecule has 2 rings (SSSR count). The summed E-state index contributed by atoms with van der Waals surface area (Å²) in [6, 6.07) is 5.24. The summed E-state index contributed by atoms with van der Waals surface area (Å²) in [5, 5.41) is 12.7. The van der Waals surface area contributed by atoms with Gasteiger partial charge in [0.2, 0.25) is 0 Å². The molecule has 1 fully saturated rings. The number of nitrogens with one attached hydrogen (secondary N) is 1. The Morgan fingerprint density at radius 1 is 1.24 bits per heavy atom. The summed E-state index contributed by atoms with van der Waals surface area (Å²) < 4.78 is 38.9. The predicted molar refractivity (Wildman–Crippen MR) is 89.3 cm³/mol. The van der Waals surface area contributed by atoms with Crippen molar-refractivity contribution in [2.24, 2.45) is 0 Å². The molecule has 0 saturated carbocycles. The molecule has 1 heterocycles. The molecule has 0 radical (unpaired) electrons. The van der Waals surface area contributed by atoms with Crippen LogP contribution in [0, 0.1) is 13.8 Å². The highest BCUT2D eigenvalue weighted by atomic mass is 19.4. The number of amides is 2. The molecule has 7 heteroatoms. The van der Waals surface area contributed by atoms with E-state index in [1.165, 1.54) is 4.90 Å². The van der Waals surface area contributed by atoms with Crippen molar-refractivity contribution < 1.29 is 23.1 Å². The Morgan fingerprint density at radius 3 is 2.52 bits per heavy atom. The van der Waals surface area contributed by atoms with Crippen LogP contribution in [0.4, 0.5) is 18.0 Å². The molecule has 2 N–H and O–H groups in total. The van der Waals surface area contributed by atoms with Gasteiger partial charge in [0.25, 0.3) is 0 Å². The highest BCUT2D eigenvalue weighted by Crippen LogP contribution is 2.38. The maximum Gasteiger partial charge on any atom is 0.417 e. The fourth-order valence-electron chi connectivity index (χ4n) is 3.00. The molecule has 140 valence electrons. The average molecular weight is 358 g/mol. The minimum absolute atomic E-state index is 0.113. The summed E-state index contributed by atoms with van der Waals surface area (Å²) in [5.41, 5.74) is 0.504. The lowest BCUT2D eigenvalue weighted by molar-refractivity contribution is -0.263. The van der Waals surface area contributed by atoms with E-state index < -0.39 is 24.2 Å². The standard InChI is InChI=1S/C18H25F3N2O2/c1-12-5-6-15(11-13(12)2)14(3)22-16(24)23-9-4-7-17(25,8-10-23)18(19,20)21/h5-6,11,14,25H,4,7-10H2,1-3H3,(H,22,24). The molecule has 0 aliphatic carbocycles. The van der Waals surface area contributed by atoms with Gasteiger partial charge in [0.15, 0.2) is 5.60 Å². The van der Waals surface area contributed by atoms with E-state index in [0.717, 1.165) is 16.7 Å². The predicted octanol–water partition coefficient (Wildman–Crippen LogP) is 3.85.